The molecular formula is C19H35N3O. The molecular weight excluding hydrogens is 286 g/mol. The molecule has 0 aromatic rings. The molecule has 3 fully saturated rings. The van der Waals surface area contributed by atoms with Gasteiger partial charge in [0.15, 0.2) is 0 Å². The van der Waals surface area contributed by atoms with Crippen LogP contribution >= 0.6 is 0 Å². The van der Waals surface area contributed by atoms with E-state index < -0.39 is 0 Å². The van der Waals surface area contributed by atoms with Gasteiger partial charge in [-0.15, -0.1) is 0 Å². The number of carbonyl (C=O) groups is 1. The van der Waals surface area contributed by atoms with E-state index in [-0.39, 0.29) is 12.0 Å². The number of piperidine rings is 2. The van der Waals surface area contributed by atoms with Gasteiger partial charge in [-0.1, -0.05) is 13.3 Å². The highest BCUT2D eigenvalue weighted by Gasteiger charge is 2.32. The molecule has 2 aliphatic heterocycles. The summed E-state index contributed by atoms with van der Waals surface area (Å²) < 4.78 is 0. The van der Waals surface area contributed by atoms with Gasteiger partial charge in [0.05, 0.1) is 0 Å². The van der Waals surface area contributed by atoms with Crippen LogP contribution in [0.2, 0.25) is 0 Å². The first kappa shape index (κ1) is 17.2. The molecule has 4 nitrogen and oxygen atoms in total. The lowest BCUT2D eigenvalue weighted by Gasteiger charge is -2.39. The fraction of sp³-hybridized carbons (Fsp3) is 0.947. The molecule has 0 aromatic heterocycles. The maximum atomic E-state index is 12.8. The topological polar surface area (TPSA) is 49.6 Å². The maximum Gasteiger partial charge on any atom is 0.225 e. The van der Waals surface area contributed by atoms with Crippen LogP contribution in [0.1, 0.15) is 58.3 Å². The van der Waals surface area contributed by atoms with Crippen molar-refractivity contribution in [3.8, 4) is 0 Å². The third-order valence-electron chi connectivity index (χ3n) is 6.29. The number of carbonyl (C=O) groups excluding carboxylic acids is 1. The van der Waals surface area contributed by atoms with Crippen LogP contribution in [0.3, 0.4) is 0 Å². The molecule has 23 heavy (non-hydrogen) atoms. The maximum absolute atomic E-state index is 12.8. The van der Waals surface area contributed by atoms with E-state index in [4.69, 9.17) is 5.73 Å². The number of rotatable bonds is 3. The van der Waals surface area contributed by atoms with Gasteiger partial charge in [-0.25, -0.2) is 0 Å². The number of likely N-dealkylation sites (tertiary alicyclic amines) is 2. The number of amides is 1. The normalized spacial score (nSPS) is 34.5. The minimum absolute atomic E-state index is 0.202. The molecule has 0 radical (unpaired) electrons. The quantitative estimate of drug-likeness (QED) is 0.869. The van der Waals surface area contributed by atoms with E-state index >= 15 is 0 Å². The summed E-state index contributed by atoms with van der Waals surface area (Å²) in [6.45, 7) is 8.02. The van der Waals surface area contributed by atoms with Gasteiger partial charge in [0.2, 0.25) is 5.91 Å². The first-order valence-electron chi connectivity index (χ1n) is 9.88. The molecule has 1 saturated carbocycles. The minimum Gasteiger partial charge on any atom is -0.342 e. The van der Waals surface area contributed by atoms with Gasteiger partial charge in [-0.3, -0.25) is 4.79 Å². The average molecular weight is 322 g/mol. The zero-order valence-electron chi connectivity index (χ0n) is 14.9. The molecule has 0 bridgehead atoms. The molecule has 132 valence electrons. The zero-order valence-corrected chi connectivity index (χ0v) is 14.9. The monoisotopic (exact) mass is 321 g/mol. The fourth-order valence-electron chi connectivity index (χ4n) is 4.73. The summed E-state index contributed by atoms with van der Waals surface area (Å²) in [4.78, 5) is 17.6. The standard InChI is InChI=1S/C19H35N3O/c1-15-7-10-21(11-8-15)13-16-4-3-9-22(14-16)19(23)17-5-2-6-18(20)12-17/h15-18H,2-14,20H2,1H3. The van der Waals surface area contributed by atoms with E-state index in [1.54, 1.807) is 0 Å². The summed E-state index contributed by atoms with van der Waals surface area (Å²) in [5.41, 5.74) is 6.08. The van der Waals surface area contributed by atoms with Gasteiger partial charge in [0.1, 0.15) is 0 Å². The Kier molecular flexibility index (Phi) is 5.97. The number of hydrogen-bond acceptors (Lipinski definition) is 3. The Morgan fingerprint density at radius 3 is 2.57 bits per heavy atom. The van der Waals surface area contributed by atoms with E-state index in [2.05, 4.69) is 16.7 Å². The van der Waals surface area contributed by atoms with Crippen LogP contribution in [0.4, 0.5) is 0 Å². The van der Waals surface area contributed by atoms with Crippen LogP contribution in [0, 0.1) is 17.8 Å². The van der Waals surface area contributed by atoms with Gasteiger partial charge in [-0.05, 0) is 69.9 Å². The largest absolute Gasteiger partial charge is 0.342 e. The molecule has 2 saturated heterocycles. The first-order chi connectivity index (χ1) is 11.1. The Labute approximate surface area is 141 Å². The third-order valence-corrected chi connectivity index (χ3v) is 6.29. The Morgan fingerprint density at radius 2 is 1.83 bits per heavy atom. The highest BCUT2D eigenvalue weighted by atomic mass is 16.2. The van der Waals surface area contributed by atoms with Gasteiger partial charge < -0.3 is 15.5 Å². The molecule has 2 heterocycles. The van der Waals surface area contributed by atoms with Gasteiger partial charge in [0, 0.05) is 31.6 Å². The van der Waals surface area contributed by atoms with Gasteiger partial charge >= 0.3 is 0 Å². The van der Waals surface area contributed by atoms with Crippen molar-refractivity contribution in [2.24, 2.45) is 23.5 Å². The molecule has 3 rings (SSSR count). The smallest absolute Gasteiger partial charge is 0.225 e. The summed E-state index contributed by atoms with van der Waals surface area (Å²) in [5.74, 6) is 2.18. The van der Waals surface area contributed by atoms with Crippen molar-refractivity contribution >= 4 is 5.91 Å². The lowest BCUT2D eigenvalue weighted by molar-refractivity contribution is -0.138. The SMILES string of the molecule is CC1CCN(CC2CCCN(C(=O)C3CCCC(N)C3)C2)CC1. The summed E-state index contributed by atoms with van der Waals surface area (Å²) >= 11 is 0. The van der Waals surface area contributed by atoms with E-state index in [0.717, 1.165) is 44.7 Å². The van der Waals surface area contributed by atoms with E-state index in [9.17, 15) is 4.79 Å². The molecule has 3 atom stereocenters. The van der Waals surface area contributed by atoms with Crippen molar-refractivity contribution in [2.75, 3.05) is 32.7 Å². The van der Waals surface area contributed by atoms with Crippen molar-refractivity contribution in [3.63, 3.8) is 0 Å². The average Bonchev–Trinajstić information content (AvgIpc) is 2.56. The highest BCUT2D eigenvalue weighted by Crippen LogP contribution is 2.28. The van der Waals surface area contributed by atoms with Crippen molar-refractivity contribution < 1.29 is 4.79 Å². The summed E-state index contributed by atoms with van der Waals surface area (Å²) in [7, 11) is 0. The van der Waals surface area contributed by atoms with Crippen LogP contribution in [0.25, 0.3) is 0 Å². The molecule has 4 heteroatoms. The van der Waals surface area contributed by atoms with Crippen LogP contribution in [-0.4, -0.2) is 54.5 Å². The number of nitrogens with zero attached hydrogens (tertiary/aromatic N) is 2. The Bertz CT molecular complexity index is 392. The van der Waals surface area contributed by atoms with Crippen molar-refractivity contribution in [1.29, 1.82) is 0 Å². The van der Waals surface area contributed by atoms with Crippen molar-refractivity contribution in [1.82, 2.24) is 9.80 Å². The van der Waals surface area contributed by atoms with Crippen LogP contribution in [0.5, 0.6) is 0 Å². The first-order valence-corrected chi connectivity index (χ1v) is 9.88. The lowest BCUT2D eigenvalue weighted by Crippen LogP contribution is -2.48. The predicted octanol–water partition coefficient (Wildman–Crippen LogP) is 2.47. The van der Waals surface area contributed by atoms with Crippen LogP contribution in [0.15, 0.2) is 0 Å². The molecule has 0 aromatic carbocycles. The fourth-order valence-corrected chi connectivity index (χ4v) is 4.73. The highest BCUT2D eigenvalue weighted by molar-refractivity contribution is 5.79. The zero-order chi connectivity index (χ0) is 16.2. The van der Waals surface area contributed by atoms with Gasteiger partial charge in [-0.2, -0.15) is 0 Å². The number of hydrogen-bond donors (Lipinski definition) is 1. The summed E-state index contributed by atoms with van der Waals surface area (Å²) in [5, 5.41) is 0. The predicted molar refractivity (Wildman–Crippen MR) is 94.1 cm³/mol. The second-order valence-corrected chi connectivity index (χ2v) is 8.40. The molecule has 1 aliphatic carbocycles. The summed E-state index contributed by atoms with van der Waals surface area (Å²) in [6.07, 6.45) is 9.34. The van der Waals surface area contributed by atoms with E-state index in [1.807, 2.05) is 0 Å². The van der Waals surface area contributed by atoms with Crippen LogP contribution in [-0.2, 0) is 4.79 Å². The summed E-state index contributed by atoms with van der Waals surface area (Å²) in [6, 6.07) is 0.244. The minimum atomic E-state index is 0.202. The van der Waals surface area contributed by atoms with Crippen molar-refractivity contribution in [3.05, 3.63) is 0 Å². The van der Waals surface area contributed by atoms with Crippen LogP contribution < -0.4 is 5.73 Å². The van der Waals surface area contributed by atoms with E-state index in [0.29, 0.717) is 11.8 Å². The lowest BCUT2D eigenvalue weighted by atomic mass is 9.84. The van der Waals surface area contributed by atoms with E-state index in [1.165, 1.54) is 45.3 Å². The molecule has 3 unspecified atom stereocenters. The second-order valence-electron chi connectivity index (χ2n) is 8.40. The molecule has 0 spiro atoms. The Hall–Kier alpha value is -0.610. The molecule has 3 aliphatic rings. The van der Waals surface area contributed by atoms with Crippen molar-refractivity contribution in [2.45, 2.75) is 64.3 Å². The number of nitrogens with two attached hydrogens (primary N) is 1. The molecule has 2 N–H and O–H groups in total. The van der Waals surface area contributed by atoms with Gasteiger partial charge in [0.25, 0.3) is 0 Å². The molecule has 1 amide bonds. The Balaban J connectivity index is 1.48. The third kappa shape index (κ3) is 4.69. The Morgan fingerprint density at radius 1 is 1.04 bits per heavy atom. The second kappa shape index (κ2) is 7.98.